The van der Waals surface area contributed by atoms with E-state index in [1.165, 1.54) is 6.07 Å². The predicted molar refractivity (Wildman–Crippen MR) is 77.8 cm³/mol. The van der Waals surface area contributed by atoms with E-state index in [9.17, 15) is 9.18 Å². The van der Waals surface area contributed by atoms with Crippen molar-refractivity contribution < 1.29 is 9.18 Å². The maximum Gasteiger partial charge on any atom is 0.172 e. The predicted octanol–water partition coefficient (Wildman–Crippen LogP) is 3.82. The number of halogens is 3. The van der Waals surface area contributed by atoms with Crippen LogP contribution in [-0.2, 0) is 13.5 Å². The van der Waals surface area contributed by atoms with Crippen molar-refractivity contribution in [1.82, 2.24) is 9.78 Å². The molecule has 0 amide bonds. The van der Waals surface area contributed by atoms with Crippen molar-refractivity contribution in [3.05, 3.63) is 49.9 Å². The third-order valence-electron chi connectivity index (χ3n) is 2.83. The lowest BCUT2D eigenvalue weighted by Crippen LogP contribution is -2.10. The molecule has 0 aliphatic carbocycles. The highest BCUT2D eigenvalue weighted by Crippen LogP contribution is 2.25. The van der Waals surface area contributed by atoms with Gasteiger partial charge >= 0.3 is 0 Å². The van der Waals surface area contributed by atoms with E-state index in [1.54, 1.807) is 23.9 Å². The van der Waals surface area contributed by atoms with E-state index in [1.807, 2.05) is 6.92 Å². The van der Waals surface area contributed by atoms with Crippen molar-refractivity contribution in [3.63, 3.8) is 0 Å². The summed E-state index contributed by atoms with van der Waals surface area (Å²) in [6.45, 7) is 1.84. The number of ketones is 1. The lowest BCUT2D eigenvalue weighted by atomic mass is 10.1. The van der Waals surface area contributed by atoms with Crippen LogP contribution in [0.5, 0.6) is 0 Å². The molecule has 0 aliphatic heterocycles. The molecule has 0 radical (unpaired) electrons. The molecule has 0 saturated carbocycles. The number of Topliss-reactive ketones (excluding diaryl/α,β-unsaturated/α-hetero) is 1. The second kappa shape index (κ2) is 5.54. The Bertz CT molecular complexity index is 632. The molecule has 1 aromatic carbocycles. The summed E-state index contributed by atoms with van der Waals surface area (Å²) in [5.41, 5.74) is 1.61. The second-order valence-electron chi connectivity index (χ2n) is 4.17. The molecule has 0 atom stereocenters. The Hall–Kier alpha value is -1.01. The highest BCUT2D eigenvalue weighted by molar-refractivity contribution is 9.10. The van der Waals surface area contributed by atoms with Gasteiger partial charge in [-0.15, -0.1) is 0 Å². The first-order valence-corrected chi connectivity index (χ1v) is 7.15. The molecule has 2 aromatic rings. The van der Waals surface area contributed by atoms with Gasteiger partial charge in [-0.25, -0.2) is 4.39 Å². The number of aromatic nitrogens is 2. The number of carbonyl (C=O) groups excluding carboxylic acids is 1. The van der Waals surface area contributed by atoms with Crippen LogP contribution >= 0.6 is 31.9 Å². The summed E-state index contributed by atoms with van der Waals surface area (Å²) in [6.07, 6.45) is 0.0947. The van der Waals surface area contributed by atoms with Crippen LogP contribution in [0.1, 0.15) is 21.7 Å². The molecule has 0 bridgehead atoms. The highest BCUT2D eigenvalue weighted by Gasteiger charge is 2.20. The Kier molecular flexibility index (Phi) is 4.20. The van der Waals surface area contributed by atoms with Gasteiger partial charge in [-0.2, -0.15) is 5.10 Å². The van der Waals surface area contributed by atoms with Crippen molar-refractivity contribution in [1.29, 1.82) is 0 Å². The van der Waals surface area contributed by atoms with Crippen LogP contribution in [0.25, 0.3) is 0 Å². The standard InChI is InChI=1S/C13H11Br2FN2O/c1-7-13(15)10(18(2)17-7)6-11(19)12-8(14)4-3-5-9(12)16/h3-5H,6H2,1-2H3. The zero-order valence-corrected chi connectivity index (χ0v) is 13.5. The summed E-state index contributed by atoms with van der Waals surface area (Å²) in [7, 11) is 1.76. The van der Waals surface area contributed by atoms with Gasteiger partial charge in [0, 0.05) is 11.5 Å². The molecule has 0 spiro atoms. The van der Waals surface area contributed by atoms with Crippen molar-refractivity contribution in [3.8, 4) is 0 Å². The molecular weight excluding hydrogens is 379 g/mol. The van der Waals surface area contributed by atoms with E-state index in [0.29, 0.717) is 4.47 Å². The van der Waals surface area contributed by atoms with Crippen LogP contribution in [0.3, 0.4) is 0 Å². The zero-order chi connectivity index (χ0) is 14.2. The summed E-state index contributed by atoms with van der Waals surface area (Å²) in [5.74, 6) is -0.803. The first kappa shape index (κ1) is 14.4. The third kappa shape index (κ3) is 2.79. The van der Waals surface area contributed by atoms with Crippen LogP contribution in [0, 0.1) is 12.7 Å². The number of benzene rings is 1. The lowest BCUT2D eigenvalue weighted by molar-refractivity contribution is 0.0986. The monoisotopic (exact) mass is 388 g/mol. The molecule has 0 fully saturated rings. The molecule has 1 aromatic heterocycles. The zero-order valence-electron chi connectivity index (χ0n) is 10.4. The number of hydrogen-bond acceptors (Lipinski definition) is 2. The Labute approximate surface area is 127 Å². The molecule has 6 heteroatoms. The van der Waals surface area contributed by atoms with Crippen LogP contribution in [0.4, 0.5) is 4.39 Å². The van der Waals surface area contributed by atoms with E-state index >= 15 is 0 Å². The third-order valence-corrected chi connectivity index (χ3v) is 4.52. The van der Waals surface area contributed by atoms with Gasteiger partial charge in [0.25, 0.3) is 0 Å². The molecule has 19 heavy (non-hydrogen) atoms. The van der Waals surface area contributed by atoms with E-state index in [0.717, 1.165) is 15.9 Å². The number of rotatable bonds is 3. The van der Waals surface area contributed by atoms with Crippen molar-refractivity contribution in [2.45, 2.75) is 13.3 Å². The van der Waals surface area contributed by atoms with Crippen molar-refractivity contribution >= 4 is 37.6 Å². The number of hydrogen-bond donors (Lipinski definition) is 0. The fraction of sp³-hybridized carbons (Fsp3) is 0.231. The fourth-order valence-electron chi connectivity index (χ4n) is 1.88. The number of carbonyl (C=O) groups is 1. The Morgan fingerprint density at radius 3 is 2.63 bits per heavy atom. The SMILES string of the molecule is Cc1nn(C)c(CC(=O)c2c(F)cccc2Br)c1Br. The highest BCUT2D eigenvalue weighted by atomic mass is 79.9. The maximum atomic E-state index is 13.7. The lowest BCUT2D eigenvalue weighted by Gasteiger charge is -2.06. The minimum atomic E-state index is -0.519. The Morgan fingerprint density at radius 1 is 1.42 bits per heavy atom. The summed E-state index contributed by atoms with van der Waals surface area (Å²) in [6, 6.07) is 4.49. The van der Waals surface area contributed by atoms with E-state index < -0.39 is 5.82 Å². The molecule has 0 unspecified atom stereocenters. The van der Waals surface area contributed by atoms with Gasteiger partial charge in [0.2, 0.25) is 0 Å². The maximum absolute atomic E-state index is 13.7. The summed E-state index contributed by atoms with van der Waals surface area (Å²) in [5, 5.41) is 4.21. The van der Waals surface area contributed by atoms with Gasteiger partial charge in [-0.05, 0) is 50.9 Å². The minimum Gasteiger partial charge on any atom is -0.294 e. The molecular formula is C13H11Br2FN2O. The molecule has 0 saturated heterocycles. The number of nitrogens with zero attached hydrogens (tertiary/aromatic N) is 2. The average Bonchev–Trinajstić information content (AvgIpc) is 2.56. The molecule has 100 valence electrons. The average molecular weight is 390 g/mol. The first-order chi connectivity index (χ1) is 8.91. The van der Waals surface area contributed by atoms with Gasteiger partial charge in [-0.3, -0.25) is 9.48 Å². The van der Waals surface area contributed by atoms with Crippen LogP contribution in [0.15, 0.2) is 27.1 Å². The van der Waals surface area contributed by atoms with Crippen molar-refractivity contribution in [2.24, 2.45) is 7.05 Å². The quantitative estimate of drug-likeness (QED) is 0.748. The van der Waals surface area contributed by atoms with Crippen molar-refractivity contribution in [2.75, 3.05) is 0 Å². The van der Waals surface area contributed by atoms with Gasteiger partial charge in [0.05, 0.1) is 27.8 Å². The first-order valence-electron chi connectivity index (χ1n) is 5.57. The van der Waals surface area contributed by atoms with Gasteiger partial charge in [-0.1, -0.05) is 6.07 Å². The van der Waals surface area contributed by atoms with E-state index in [2.05, 4.69) is 37.0 Å². The Morgan fingerprint density at radius 2 is 2.11 bits per heavy atom. The van der Waals surface area contributed by atoms with Gasteiger partial charge in [0.15, 0.2) is 5.78 Å². The summed E-state index contributed by atoms with van der Waals surface area (Å²) in [4.78, 5) is 12.2. The molecule has 0 N–H and O–H groups in total. The number of aryl methyl sites for hydroxylation is 2. The van der Waals surface area contributed by atoms with Crippen LogP contribution in [-0.4, -0.2) is 15.6 Å². The molecule has 1 heterocycles. The topological polar surface area (TPSA) is 34.9 Å². The van der Waals surface area contributed by atoms with E-state index in [4.69, 9.17) is 0 Å². The molecule has 2 rings (SSSR count). The molecule has 0 aliphatic rings. The second-order valence-corrected chi connectivity index (χ2v) is 5.81. The minimum absolute atomic E-state index is 0.0771. The summed E-state index contributed by atoms with van der Waals surface area (Å²) >= 11 is 6.61. The van der Waals surface area contributed by atoms with Crippen LogP contribution < -0.4 is 0 Å². The van der Waals surface area contributed by atoms with E-state index in [-0.39, 0.29) is 17.8 Å². The smallest absolute Gasteiger partial charge is 0.172 e. The molecule has 3 nitrogen and oxygen atoms in total. The fourth-order valence-corrected chi connectivity index (χ4v) is 2.92. The normalized spacial score (nSPS) is 10.8. The Balaban J connectivity index is 2.36. The van der Waals surface area contributed by atoms with Gasteiger partial charge in [0.1, 0.15) is 5.82 Å². The largest absolute Gasteiger partial charge is 0.294 e. The van der Waals surface area contributed by atoms with Crippen LogP contribution in [0.2, 0.25) is 0 Å². The summed E-state index contributed by atoms with van der Waals surface area (Å²) < 4.78 is 16.6. The van der Waals surface area contributed by atoms with Gasteiger partial charge < -0.3 is 0 Å².